The molecule has 0 radical (unpaired) electrons. The molecule has 0 saturated carbocycles. The van der Waals surface area contributed by atoms with Gasteiger partial charge in [0.05, 0.1) is 17.2 Å². The number of rotatable bonds is 7. The van der Waals surface area contributed by atoms with Crippen molar-refractivity contribution in [1.82, 2.24) is 20.5 Å². The Kier molecular flexibility index (Phi) is 5.47. The molecule has 25 heavy (non-hydrogen) atoms. The number of aromatic nitrogens is 2. The molecule has 1 heterocycles. The van der Waals surface area contributed by atoms with Crippen LogP contribution in [0.2, 0.25) is 0 Å². The van der Waals surface area contributed by atoms with Gasteiger partial charge in [-0.05, 0) is 16.4 Å². The summed E-state index contributed by atoms with van der Waals surface area (Å²) >= 11 is 0. The summed E-state index contributed by atoms with van der Waals surface area (Å²) in [5.41, 5.74) is 0.655. The molecule has 0 spiro atoms. The molecule has 2 rings (SSSR count). The van der Waals surface area contributed by atoms with Crippen molar-refractivity contribution in [1.29, 1.82) is 0 Å². The van der Waals surface area contributed by atoms with Crippen molar-refractivity contribution in [2.24, 2.45) is 0 Å². The van der Waals surface area contributed by atoms with Crippen LogP contribution in [0.25, 0.3) is 11.0 Å². The minimum Gasteiger partial charge on any atom is -0.372 e. The first kappa shape index (κ1) is 18.1. The van der Waals surface area contributed by atoms with E-state index in [4.69, 9.17) is 0 Å². The molecule has 1 aromatic heterocycles. The lowest BCUT2D eigenvalue weighted by atomic mass is 10.2. The van der Waals surface area contributed by atoms with Crippen molar-refractivity contribution in [3.8, 4) is 0 Å². The number of hydrogen-bond acceptors (Lipinski definition) is 8. The van der Waals surface area contributed by atoms with Gasteiger partial charge in [-0.15, -0.1) is 0 Å². The van der Waals surface area contributed by atoms with E-state index < -0.39 is 4.92 Å². The fourth-order valence-electron chi connectivity index (χ4n) is 2.11. The third-order valence-corrected chi connectivity index (χ3v) is 3.59. The van der Waals surface area contributed by atoms with Crippen molar-refractivity contribution < 1.29 is 19.1 Å². The molecule has 0 aliphatic carbocycles. The smallest absolute Gasteiger partial charge is 0.300 e. The molecule has 0 aliphatic rings. The highest BCUT2D eigenvalue weighted by Gasteiger charge is 2.21. The quantitative estimate of drug-likeness (QED) is 0.551. The molecular weight excluding hydrogens is 332 g/mol. The first-order chi connectivity index (χ1) is 11.8. The number of nitro groups is 1. The number of amides is 2. The Balaban J connectivity index is 2.01. The van der Waals surface area contributed by atoms with E-state index in [0.29, 0.717) is 12.2 Å². The zero-order valence-electron chi connectivity index (χ0n) is 14.1. The van der Waals surface area contributed by atoms with Gasteiger partial charge in [-0.2, -0.15) is 0 Å². The molecule has 0 bridgehead atoms. The van der Waals surface area contributed by atoms with E-state index >= 15 is 0 Å². The fourth-order valence-corrected chi connectivity index (χ4v) is 2.11. The Labute approximate surface area is 142 Å². The molecule has 0 aliphatic heterocycles. The normalized spacial score (nSPS) is 10.5. The molecule has 2 aromatic rings. The predicted molar refractivity (Wildman–Crippen MR) is 88.0 cm³/mol. The number of nitro benzene ring substituents is 1. The van der Waals surface area contributed by atoms with E-state index in [2.05, 4.69) is 20.3 Å². The highest BCUT2D eigenvalue weighted by atomic mass is 16.6. The van der Waals surface area contributed by atoms with Gasteiger partial charge in [-0.1, -0.05) is 0 Å². The van der Waals surface area contributed by atoms with Crippen LogP contribution in [0.3, 0.4) is 0 Å². The number of non-ortho nitro benzene ring substituents is 1. The largest absolute Gasteiger partial charge is 0.372 e. The number of benzene rings is 1. The molecule has 11 nitrogen and oxygen atoms in total. The number of hydrogen-bond donors (Lipinski definition) is 1. The Morgan fingerprint density at radius 3 is 2.56 bits per heavy atom. The maximum Gasteiger partial charge on any atom is 0.300 e. The highest BCUT2D eigenvalue weighted by Crippen LogP contribution is 2.30. The van der Waals surface area contributed by atoms with E-state index in [1.807, 2.05) is 0 Å². The Hall–Kier alpha value is -3.24. The molecule has 1 aromatic carbocycles. The highest BCUT2D eigenvalue weighted by molar-refractivity contribution is 5.94. The van der Waals surface area contributed by atoms with Crippen LogP contribution >= 0.6 is 0 Å². The van der Waals surface area contributed by atoms with Gasteiger partial charge in [-0.3, -0.25) is 19.7 Å². The van der Waals surface area contributed by atoms with Gasteiger partial charge in [0.25, 0.3) is 0 Å². The van der Waals surface area contributed by atoms with Gasteiger partial charge < -0.3 is 15.1 Å². The van der Waals surface area contributed by atoms with E-state index in [9.17, 15) is 19.7 Å². The van der Waals surface area contributed by atoms with Gasteiger partial charge in [0.2, 0.25) is 17.3 Å². The van der Waals surface area contributed by atoms with Crippen molar-refractivity contribution in [2.75, 3.05) is 39.1 Å². The lowest BCUT2D eigenvalue weighted by Crippen LogP contribution is -2.37. The van der Waals surface area contributed by atoms with Crippen LogP contribution in [0.5, 0.6) is 0 Å². The number of likely N-dealkylation sites (N-methyl/N-ethyl adjacent to an activating group) is 1. The van der Waals surface area contributed by atoms with Gasteiger partial charge >= 0.3 is 5.69 Å². The maximum absolute atomic E-state index is 11.8. The molecule has 11 heteroatoms. The second-order valence-electron chi connectivity index (χ2n) is 5.56. The Bertz CT molecular complexity index is 802. The third kappa shape index (κ3) is 4.19. The third-order valence-electron chi connectivity index (χ3n) is 3.59. The second kappa shape index (κ2) is 7.55. The van der Waals surface area contributed by atoms with Crippen LogP contribution < -0.4 is 10.2 Å². The van der Waals surface area contributed by atoms with Crippen LogP contribution in [0.4, 0.5) is 11.4 Å². The first-order valence-electron chi connectivity index (χ1n) is 7.39. The van der Waals surface area contributed by atoms with E-state index in [-0.39, 0.29) is 41.5 Å². The summed E-state index contributed by atoms with van der Waals surface area (Å²) < 4.78 is 4.61. The molecule has 0 fully saturated rings. The minimum atomic E-state index is -0.564. The summed E-state index contributed by atoms with van der Waals surface area (Å²) in [6.45, 7) is 0.256. The van der Waals surface area contributed by atoms with Crippen molar-refractivity contribution >= 4 is 34.2 Å². The van der Waals surface area contributed by atoms with E-state index in [1.54, 1.807) is 26.0 Å². The fraction of sp³-hybridized carbons (Fsp3) is 0.429. The molecule has 2 amide bonds. The average molecular weight is 350 g/mol. The number of carbonyl (C=O) groups excluding carboxylic acids is 2. The molecule has 0 saturated heterocycles. The number of fused-ring (bicyclic) bond motifs is 1. The molecule has 0 atom stereocenters. The summed E-state index contributed by atoms with van der Waals surface area (Å²) in [4.78, 5) is 36.8. The SMILES string of the molecule is CN(C)C(=O)CNC(=O)CCN(C)c1ccc([N+](=O)[O-])c2nonc12. The predicted octanol–water partition coefficient (Wildman–Crippen LogP) is 0.162. The van der Waals surface area contributed by atoms with Crippen LogP contribution in [-0.4, -0.2) is 66.2 Å². The standard InChI is InChI=1S/C14H18N6O5/c1-18(2)12(22)8-15-11(21)6-7-19(3)9-4-5-10(20(23)24)14-13(9)16-25-17-14/h4-5H,6-8H2,1-3H3,(H,15,21). The average Bonchev–Trinajstić information content (AvgIpc) is 3.05. The molecule has 134 valence electrons. The summed E-state index contributed by atoms with van der Waals surface area (Å²) in [7, 11) is 4.93. The minimum absolute atomic E-state index is 0.0513. The number of carbonyl (C=O) groups is 2. The monoisotopic (exact) mass is 350 g/mol. The molecular formula is C14H18N6O5. The Morgan fingerprint density at radius 1 is 1.24 bits per heavy atom. The topological polar surface area (TPSA) is 135 Å². The number of anilines is 1. The van der Waals surface area contributed by atoms with Gasteiger partial charge in [0.1, 0.15) is 0 Å². The number of nitrogens with one attached hydrogen (secondary N) is 1. The van der Waals surface area contributed by atoms with Crippen molar-refractivity contribution in [3.05, 3.63) is 22.2 Å². The van der Waals surface area contributed by atoms with Crippen molar-refractivity contribution in [2.45, 2.75) is 6.42 Å². The summed E-state index contributed by atoms with van der Waals surface area (Å²) in [6, 6.07) is 2.84. The van der Waals surface area contributed by atoms with E-state index in [0.717, 1.165) is 0 Å². The van der Waals surface area contributed by atoms with Crippen LogP contribution in [0, 0.1) is 10.1 Å². The summed E-state index contributed by atoms with van der Waals surface area (Å²) in [6.07, 6.45) is 0.140. The van der Waals surface area contributed by atoms with Crippen LogP contribution in [-0.2, 0) is 9.59 Å². The van der Waals surface area contributed by atoms with Gasteiger partial charge in [0.15, 0.2) is 5.52 Å². The van der Waals surface area contributed by atoms with Gasteiger partial charge in [0, 0.05) is 40.2 Å². The zero-order valence-corrected chi connectivity index (χ0v) is 14.1. The first-order valence-corrected chi connectivity index (χ1v) is 7.39. The van der Waals surface area contributed by atoms with E-state index in [1.165, 1.54) is 17.0 Å². The molecule has 0 unspecified atom stereocenters. The Morgan fingerprint density at radius 2 is 1.92 bits per heavy atom. The molecule has 1 N–H and O–H groups in total. The van der Waals surface area contributed by atoms with Gasteiger partial charge in [-0.25, -0.2) is 4.63 Å². The summed E-state index contributed by atoms with van der Waals surface area (Å²) in [5, 5.41) is 20.8. The van der Waals surface area contributed by atoms with Crippen LogP contribution in [0.1, 0.15) is 6.42 Å². The number of nitrogens with zero attached hydrogens (tertiary/aromatic N) is 5. The second-order valence-corrected chi connectivity index (χ2v) is 5.56. The lowest BCUT2D eigenvalue weighted by molar-refractivity contribution is -0.383. The zero-order chi connectivity index (χ0) is 18.6. The van der Waals surface area contributed by atoms with Crippen LogP contribution in [0.15, 0.2) is 16.8 Å². The maximum atomic E-state index is 11.8. The lowest BCUT2D eigenvalue weighted by Gasteiger charge is -2.19. The summed E-state index contributed by atoms with van der Waals surface area (Å²) in [5.74, 6) is -0.481. The van der Waals surface area contributed by atoms with Crippen molar-refractivity contribution in [3.63, 3.8) is 0 Å².